The van der Waals surface area contributed by atoms with E-state index >= 15 is 0 Å². The standard InChI is InChI=1S/C13H17N3O3/c1-9(19-10-3-2-6-15-8-10)7-16-12(18)13(4-5-13)11(14)17/h2-3,6,8-9H,4-5,7H2,1H3,(H2,14,17)(H,16,18). The molecule has 1 aromatic rings. The van der Waals surface area contributed by atoms with Crippen LogP contribution >= 0.6 is 0 Å². The summed E-state index contributed by atoms with van der Waals surface area (Å²) >= 11 is 0. The first kappa shape index (κ1) is 13.3. The lowest BCUT2D eigenvalue weighted by atomic mass is 10.1. The SMILES string of the molecule is CC(CNC(=O)C1(C(N)=O)CC1)Oc1cccnc1. The summed E-state index contributed by atoms with van der Waals surface area (Å²) in [5.74, 6) is -0.215. The largest absolute Gasteiger partial charge is 0.487 e. The van der Waals surface area contributed by atoms with Gasteiger partial charge in [-0.1, -0.05) is 0 Å². The summed E-state index contributed by atoms with van der Waals surface area (Å²) in [4.78, 5) is 27.0. The molecule has 2 amide bonds. The van der Waals surface area contributed by atoms with Crippen LogP contribution in [0.3, 0.4) is 0 Å². The lowest BCUT2D eigenvalue weighted by Crippen LogP contribution is -2.43. The molecule has 3 N–H and O–H groups in total. The maximum atomic E-state index is 11.8. The number of carbonyl (C=O) groups is 2. The van der Waals surface area contributed by atoms with E-state index in [1.54, 1.807) is 24.5 Å². The van der Waals surface area contributed by atoms with Crippen molar-refractivity contribution in [2.24, 2.45) is 11.1 Å². The number of nitrogens with one attached hydrogen (secondary N) is 1. The third-order valence-corrected chi connectivity index (χ3v) is 3.18. The minimum absolute atomic E-state index is 0.211. The van der Waals surface area contributed by atoms with E-state index in [9.17, 15) is 9.59 Å². The number of rotatable bonds is 6. The van der Waals surface area contributed by atoms with Gasteiger partial charge in [0, 0.05) is 6.20 Å². The first-order valence-electron chi connectivity index (χ1n) is 6.19. The Balaban J connectivity index is 1.80. The van der Waals surface area contributed by atoms with Gasteiger partial charge in [0.25, 0.3) is 0 Å². The summed E-state index contributed by atoms with van der Waals surface area (Å²) in [5, 5.41) is 2.70. The highest BCUT2D eigenvalue weighted by Gasteiger charge is 2.55. The quantitative estimate of drug-likeness (QED) is 0.718. The Kier molecular flexibility index (Phi) is 3.69. The molecule has 6 nitrogen and oxygen atoms in total. The average Bonchev–Trinajstić information content (AvgIpc) is 3.18. The fraction of sp³-hybridized carbons (Fsp3) is 0.462. The monoisotopic (exact) mass is 263 g/mol. The molecule has 1 aliphatic carbocycles. The molecule has 0 aliphatic heterocycles. The molecule has 19 heavy (non-hydrogen) atoms. The van der Waals surface area contributed by atoms with Gasteiger partial charge in [0.05, 0.1) is 12.7 Å². The van der Waals surface area contributed by atoms with Crippen molar-refractivity contribution in [2.75, 3.05) is 6.54 Å². The fourth-order valence-electron chi connectivity index (χ4n) is 1.81. The third-order valence-electron chi connectivity index (χ3n) is 3.18. The molecule has 2 rings (SSSR count). The zero-order valence-corrected chi connectivity index (χ0v) is 10.8. The second-order valence-corrected chi connectivity index (χ2v) is 4.77. The molecule has 1 fully saturated rings. The summed E-state index contributed by atoms with van der Waals surface area (Å²) in [6, 6.07) is 3.56. The Morgan fingerprint density at radius 3 is 2.84 bits per heavy atom. The molecule has 0 aromatic carbocycles. The molecule has 1 aliphatic rings. The van der Waals surface area contributed by atoms with Crippen LogP contribution in [0.25, 0.3) is 0 Å². The molecule has 1 saturated carbocycles. The molecular weight excluding hydrogens is 246 g/mol. The maximum absolute atomic E-state index is 11.8. The van der Waals surface area contributed by atoms with E-state index in [-0.39, 0.29) is 12.0 Å². The van der Waals surface area contributed by atoms with Crippen molar-refractivity contribution in [1.29, 1.82) is 0 Å². The van der Waals surface area contributed by atoms with Crippen LogP contribution in [0, 0.1) is 5.41 Å². The van der Waals surface area contributed by atoms with Crippen molar-refractivity contribution in [1.82, 2.24) is 10.3 Å². The summed E-state index contributed by atoms with van der Waals surface area (Å²) < 4.78 is 5.56. The number of hydrogen-bond acceptors (Lipinski definition) is 4. The lowest BCUT2D eigenvalue weighted by Gasteiger charge is -2.17. The van der Waals surface area contributed by atoms with E-state index in [4.69, 9.17) is 10.5 Å². The number of primary amides is 1. The van der Waals surface area contributed by atoms with Crippen molar-refractivity contribution in [3.05, 3.63) is 24.5 Å². The van der Waals surface area contributed by atoms with Crippen molar-refractivity contribution in [3.8, 4) is 5.75 Å². The van der Waals surface area contributed by atoms with Gasteiger partial charge in [-0.2, -0.15) is 0 Å². The molecule has 0 spiro atoms. The molecule has 0 bridgehead atoms. The number of nitrogens with zero attached hydrogens (tertiary/aromatic N) is 1. The summed E-state index contributed by atoms with van der Waals surface area (Å²) in [6.45, 7) is 2.15. The van der Waals surface area contributed by atoms with Crippen LogP contribution in [-0.4, -0.2) is 29.4 Å². The van der Waals surface area contributed by atoms with Crippen molar-refractivity contribution >= 4 is 11.8 Å². The highest BCUT2D eigenvalue weighted by Crippen LogP contribution is 2.45. The van der Waals surface area contributed by atoms with Crippen LogP contribution in [0.5, 0.6) is 5.75 Å². The summed E-state index contributed by atoms with van der Waals surface area (Å²) in [6.07, 6.45) is 4.11. The predicted octanol–water partition coefficient (Wildman–Crippen LogP) is 0.231. The van der Waals surface area contributed by atoms with E-state index in [0.29, 0.717) is 25.1 Å². The van der Waals surface area contributed by atoms with Crippen molar-refractivity contribution < 1.29 is 14.3 Å². The number of nitrogens with two attached hydrogens (primary N) is 1. The number of amides is 2. The maximum Gasteiger partial charge on any atom is 0.235 e. The zero-order chi connectivity index (χ0) is 13.9. The molecule has 102 valence electrons. The second-order valence-electron chi connectivity index (χ2n) is 4.77. The molecule has 0 radical (unpaired) electrons. The molecule has 6 heteroatoms. The summed E-state index contributed by atoms with van der Waals surface area (Å²) in [5.41, 5.74) is 4.25. The van der Waals surface area contributed by atoms with Crippen LogP contribution in [-0.2, 0) is 9.59 Å². The van der Waals surface area contributed by atoms with Crippen LogP contribution < -0.4 is 15.8 Å². The van der Waals surface area contributed by atoms with Crippen molar-refractivity contribution in [2.45, 2.75) is 25.9 Å². The molecule has 1 aromatic heterocycles. The Morgan fingerprint density at radius 1 is 1.58 bits per heavy atom. The summed E-state index contributed by atoms with van der Waals surface area (Å²) in [7, 11) is 0. The van der Waals surface area contributed by atoms with Gasteiger partial charge < -0.3 is 15.8 Å². The smallest absolute Gasteiger partial charge is 0.235 e. The van der Waals surface area contributed by atoms with E-state index in [2.05, 4.69) is 10.3 Å². The number of hydrogen-bond donors (Lipinski definition) is 2. The van der Waals surface area contributed by atoms with Gasteiger partial charge in [-0.25, -0.2) is 0 Å². The van der Waals surface area contributed by atoms with Crippen LogP contribution in [0.1, 0.15) is 19.8 Å². The van der Waals surface area contributed by atoms with Gasteiger partial charge in [-0.15, -0.1) is 0 Å². The number of pyridine rings is 1. The van der Waals surface area contributed by atoms with Gasteiger partial charge in [-0.05, 0) is 31.9 Å². The highest BCUT2D eigenvalue weighted by atomic mass is 16.5. The van der Waals surface area contributed by atoms with Crippen LogP contribution in [0.2, 0.25) is 0 Å². The topological polar surface area (TPSA) is 94.3 Å². The highest BCUT2D eigenvalue weighted by molar-refractivity contribution is 6.07. The Hall–Kier alpha value is -2.11. The van der Waals surface area contributed by atoms with Gasteiger partial charge in [-0.3, -0.25) is 14.6 Å². The first-order chi connectivity index (χ1) is 9.04. The molecular formula is C13H17N3O3. The van der Waals surface area contributed by atoms with Crippen LogP contribution in [0.4, 0.5) is 0 Å². The molecule has 1 unspecified atom stereocenters. The average molecular weight is 263 g/mol. The molecule has 1 atom stereocenters. The minimum atomic E-state index is -0.978. The Labute approximate surface area is 111 Å². The minimum Gasteiger partial charge on any atom is -0.487 e. The third kappa shape index (κ3) is 3.01. The first-order valence-corrected chi connectivity index (χ1v) is 6.19. The number of carbonyl (C=O) groups excluding carboxylic acids is 2. The van der Waals surface area contributed by atoms with Gasteiger partial charge >= 0.3 is 0 Å². The van der Waals surface area contributed by atoms with Gasteiger partial charge in [0.2, 0.25) is 11.8 Å². The van der Waals surface area contributed by atoms with Crippen LogP contribution in [0.15, 0.2) is 24.5 Å². The van der Waals surface area contributed by atoms with E-state index in [0.717, 1.165) is 0 Å². The van der Waals surface area contributed by atoms with Gasteiger partial charge in [0.1, 0.15) is 17.3 Å². The normalized spacial score (nSPS) is 17.3. The van der Waals surface area contributed by atoms with E-state index < -0.39 is 11.3 Å². The van der Waals surface area contributed by atoms with E-state index in [1.807, 2.05) is 6.92 Å². The Morgan fingerprint density at radius 2 is 2.32 bits per heavy atom. The number of ether oxygens (including phenoxy) is 1. The van der Waals surface area contributed by atoms with Crippen molar-refractivity contribution in [3.63, 3.8) is 0 Å². The lowest BCUT2D eigenvalue weighted by molar-refractivity contribution is -0.135. The Bertz CT molecular complexity index is 471. The van der Waals surface area contributed by atoms with Gasteiger partial charge in [0.15, 0.2) is 0 Å². The fourth-order valence-corrected chi connectivity index (χ4v) is 1.81. The second kappa shape index (κ2) is 5.26. The predicted molar refractivity (Wildman–Crippen MR) is 68.2 cm³/mol. The molecule has 1 heterocycles. The zero-order valence-electron chi connectivity index (χ0n) is 10.8. The number of aromatic nitrogens is 1. The van der Waals surface area contributed by atoms with E-state index in [1.165, 1.54) is 0 Å². The molecule has 0 saturated heterocycles.